The number of thioether (sulfide) groups is 1. The molecule has 0 radical (unpaired) electrons. The number of rotatable bonds is 3. The molecule has 94 valence electrons. The highest BCUT2D eigenvalue weighted by Gasteiger charge is 2.19. The largest absolute Gasteiger partial charge is 0.490 e. The van der Waals surface area contributed by atoms with E-state index in [0.29, 0.717) is 0 Å². The zero-order valence-corrected chi connectivity index (χ0v) is 11.0. The molecule has 18 heavy (non-hydrogen) atoms. The van der Waals surface area contributed by atoms with Gasteiger partial charge in [-0.3, -0.25) is 0 Å². The molecule has 1 aliphatic rings. The van der Waals surface area contributed by atoms with Gasteiger partial charge in [-0.25, -0.2) is 4.98 Å². The standard InChI is InChI=1S/C13H15N3OS/c1-18-11-2-3-13-12(6-11)16(4-5-17-13)8-10-7-14-9-15-10/h2-3,6-7,9H,4-5,8H2,1H3,(H,14,15). The van der Waals surface area contributed by atoms with Crippen molar-refractivity contribution in [3.63, 3.8) is 0 Å². The van der Waals surface area contributed by atoms with E-state index in [0.717, 1.165) is 36.8 Å². The fourth-order valence-corrected chi connectivity index (χ4v) is 2.55. The number of hydrogen-bond donors (Lipinski definition) is 1. The maximum atomic E-state index is 5.69. The average Bonchev–Trinajstić information content (AvgIpc) is 2.91. The summed E-state index contributed by atoms with van der Waals surface area (Å²) in [6.07, 6.45) is 5.74. The molecule has 0 unspecified atom stereocenters. The molecule has 0 saturated heterocycles. The number of imidazole rings is 1. The lowest BCUT2D eigenvalue weighted by molar-refractivity contribution is 0.306. The van der Waals surface area contributed by atoms with Crippen LogP contribution in [0.1, 0.15) is 5.69 Å². The van der Waals surface area contributed by atoms with Crippen LogP contribution in [-0.4, -0.2) is 29.4 Å². The zero-order chi connectivity index (χ0) is 12.4. The van der Waals surface area contributed by atoms with Crippen LogP contribution in [0.3, 0.4) is 0 Å². The van der Waals surface area contributed by atoms with Crippen molar-refractivity contribution in [2.75, 3.05) is 24.3 Å². The summed E-state index contributed by atoms with van der Waals surface area (Å²) in [5, 5.41) is 0. The third kappa shape index (κ3) is 2.18. The van der Waals surface area contributed by atoms with Crippen LogP contribution in [0, 0.1) is 0 Å². The van der Waals surface area contributed by atoms with Crippen molar-refractivity contribution in [2.45, 2.75) is 11.4 Å². The first kappa shape index (κ1) is 11.5. The molecule has 0 aliphatic carbocycles. The molecule has 1 aromatic carbocycles. The van der Waals surface area contributed by atoms with Gasteiger partial charge in [0.25, 0.3) is 0 Å². The van der Waals surface area contributed by atoms with Crippen LogP contribution in [-0.2, 0) is 6.54 Å². The number of nitrogens with one attached hydrogen (secondary N) is 1. The second-order valence-corrected chi connectivity index (χ2v) is 5.04. The van der Waals surface area contributed by atoms with Crippen molar-refractivity contribution in [3.8, 4) is 5.75 Å². The van der Waals surface area contributed by atoms with Crippen LogP contribution in [0.2, 0.25) is 0 Å². The summed E-state index contributed by atoms with van der Waals surface area (Å²) in [6, 6.07) is 6.34. The maximum absolute atomic E-state index is 5.69. The van der Waals surface area contributed by atoms with E-state index in [1.165, 1.54) is 4.90 Å². The Kier molecular flexibility index (Phi) is 3.15. The highest BCUT2D eigenvalue weighted by molar-refractivity contribution is 7.98. The van der Waals surface area contributed by atoms with E-state index in [4.69, 9.17) is 4.74 Å². The van der Waals surface area contributed by atoms with Gasteiger partial charge in [0.1, 0.15) is 12.4 Å². The molecule has 0 atom stereocenters. The topological polar surface area (TPSA) is 41.2 Å². The summed E-state index contributed by atoms with van der Waals surface area (Å²) in [4.78, 5) is 10.8. The molecule has 3 rings (SSSR count). The summed E-state index contributed by atoms with van der Waals surface area (Å²) in [6.45, 7) is 2.45. The molecule has 0 saturated carbocycles. The van der Waals surface area contributed by atoms with E-state index in [-0.39, 0.29) is 0 Å². The lowest BCUT2D eigenvalue weighted by Gasteiger charge is -2.31. The molecule has 0 spiro atoms. The van der Waals surface area contributed by atoms with Crippen LogP contribution in [0.4, 0.5) is 5.69 Å². The van der Waals surface area contributed by atoms with Crippen LogP contribution in [0.25, 0.3) is 0 Å². The summed E-state index contributed by atoms with van der Waals surface area (Å²) < 4.78 is 5.69. The number of aromatic amines is 1. The first-order chi connectivity index (χ1) is 8.86. The van der Waals surface area contributed by atoms with Gasteiger partial charge < -0.3 is 14.6 Å². The predicted octanol–water partition coefficient (Wildman–Crippen LogP) is 2.53. The van der Waals surface area contributed by atoms with Crippen LogP contribution in [0.15, 0.2) is 35.6 Å². The minimum atomic E-state index is 0.732. The minimum Gasteiger partial charge on any atom is -0.490 e. The molecule has 0 fully saturated rings. The Hall–Kier alpha value is -1.62. The molecule has 1 aliphatic heterocycles. The van der Waals surface area contributed by atoms with Crippen LogP contribution >= 0.6 is 11.8 Å². The van der Waals surface area contributed by atoms with Crippen molar-refractivity contribution in [2.24, 2.45) is 0 Å². The Morgan fingerprint density at radius 2 is 2.44 bits per heavy atom. The second-order valence-electron chi connectivity index (χ2n) is 4.16. The van der Waals surface area contributed by atoms with Gasteiger partial charge in [-0.1, -0.05) is 0 Å². The third-order valence-corrected chi connectivity index (χ3v) is 3.76. The van der Waals surface area contributed by atoms with Gasteiger partial charge in [-0.05, 0) is 24.5 Å². The third-order valence-electron chi connectivity index (χ3n) is 3.03. The number of nitrogens with zero attached hydrogens (tertiary/aromatic N) is 2. The molecule has 0 amide bonds. The first-order valence-corrected chi connectivity index (χ1v) is 7.13. The van der Waals surface area contributed by atoms with E-state index >= 15 is 0 Å². The normalized spacial score (nSPS) is 14.2. The van der Waals surface area contributed by atoms with Crippen LogP contribution in [0.5, 0.6) is 5.75 Å². The zero-order valence-electron chi connectivity index (χ0n) is 10.2. The quantitative estimate of drug-likeness (QED) is 0.862. The van der Waals surface area contributed by atoms with E-state index < -0.39 is 0 Å². The van der Waals surface area contributed by atoms with Gasteiger partial charge in [0, 0.05) is 11.1 Å². The fraction of sp³-hybridized carbons (Fsp3) is 0.308. The van der Waals surface area contributed by atoms with Crippen molar-refractivity contribution in [1.29, 1.82) is 0 Å². The number of fused-ring (bicyclic) bond motifs is 1. The minimum absolute atomic E-state index is 0.732. The number of anilines is 1. The smallest absolute Gasteiger partial charge is 0.142 e. The van der Waals surface area contributed by atoms with Crippen LogP contribution < -0.4 is 9.64 Å². The molecular formula is C13H15N3OS. The number of benzene rings is 1. The summed E-state index contributed by atoms with van der Waals surface area (Å²) >= 11 is 1.75. The van der Waals surface area contributed by atoms with Gasteiger partial charge in [0.05, 0.1) is 30.8 Å². The van der Waals surface area contributed by atoms with E-state index in [1.807, 2.05) is 6.20 Å². The maximum Gasteiger partial charge on any atom is 0.142 e. The van der Waals surface area contributed by atoms with Gasteiger partial charge in [0.2, 0.25) is 0 Å². The Bertz CT molecular complexity index is 527. The SMILES string of the molecule is CSc1ccc2c(c1)N(Cc1c[nH]cn1)CCO2. The monoisotopic (exact) mass is 261 g/mol. The summed E-state index contributed by atoms with van der Waals surface area (Å²) in [7, 11) is 0. The first-order valence-electron chi connectivity index (χ1n) is 5.90. The van der Waals surface area contributed by atoms with E-state index in [2.05, 4.69) is 39.3 Å². The summed E-state index contributed by atoms with van der Waals surface area (Å²) in [5.41, 5.74) is 2.22. The molecule has 1 aromatic heterocycles. The van der Waals surface area contributed by atoms with Crippen molar-refractivity contribution in [3.05, 3.63) is 36.4 Å². The van der Waals surface area contributed by atoms with Crippen molar-refractivity contribution < 1.29 is 4.74 Å². The highest BCUT2D eigenvalue weighted by atomic mass is 32.2. The lowest BCUT2D eigenvalue weighted by atomic mass is 10.2. The second kappa shape index (κ2) is 4.94. The number of aromatic nitrogens is 2. The highest BCUT2D eigenvalue weighted by Crippen LogP contribution is 2.35. The van der Waals surface area contributed by atoms with E-state index in [1.54, 1.807) is 18.1 Å². The molecule has 4 nitrogen and oxygen atoms in total. The van der Waals surface area contributed by atoms with Gasteiger partial charge >= 0.3 is 0 Å². The molecule has 2 heterocycles. The van der Waals surface area contributed by atoms with E-state index in [9.17, 15) is 0 Å². The van der Waals surface area contributed by atoms with Crippen molar-refractivity contribution >= 4 is 17.4 Å². The Labute approximate surface area is 110 Å². The Balaban J connectivity index is 1.90. The number of H-pyrrole nitrogens is 1. The van der Waals surface area contributed by atoms with Gasteiger partial charge in [0.15, 0.2) is 0 Å². The Morgan fingerprint density at radius 3 is 3.22 bits per heavy atom. The fourth-order valence-electron chi connectivity index (χ4n) is 2.12. The van der Waals surface area contributed by atoms with Crippen molar-refractivity contribution in [1.82, 2.24) is 9.97 Å². The predicted molar refractivity (Wildman–Crippen MR) is 73.4 cm³/mol. The number of hydrogen-bond acceptors (Lipinski definition) is 4. The molecule has 2 aromatic rings. The summed E-state index contributed by atoms with van der Waals surface area (Å²) in [5.74, 6) is 0.967. The molecule has 1 N–H and O–H groups in total. The molecule has 0 bridgehead atoms. The molecular weight excluding hydrogens is 246 g/mol. The number of ether oxygens (including phenoxy) is 1. The average molecular weight is 261 g/mol. The Morgan fingerprint density at radius 1 is 1.50 bits per heavy atom. The lowest BCUT2D eigenvalue weighted by Crippen LogP contribution is -2.32. The van der Waals surface area contributed by atoms with Gasteiger partial charge in [-0.15, -0.1) is 11.8 Å². The molecule has 5 heteroatoms. The van der Waals surface area contributed by atoms with Gasteiger partial charge in [-0.2, -0.15) is 0 Å².